The zero-order chi connectivity index (χ0) is 30.9. The minimum Gasteiger partial charge on any atom is -0.493 e. The molecule has 0 radical (unpaired) electrons. The van der Waals surface area contributed by atoms with Gasteiger partial charge in [0.05, 0.1) is 49.8 Å². The first-order valence-corrected chi connectivity index (χ1v) is 15.0. The first-order chi connectivity index (χ1) is 20.9. The summed E-state index contributed by atoms with van der Waals surface area (Å²) in [5.74, 6) is 1.47. The number of carbonyl (C=O) groups excluding carboxylic acids is 1. The summed E-state index contributed by atoms with van der Waals surface area (Å²) in [7, 11) is 4.66. The molecule has 0 amide bonds. The van der Waals surface area contributed by atoms with Gasteiger partial charge in [0.15, 0.2) is 27.8 Å². The predicted octanol–water partition coefficient (Wildman–Crippen LogP) is 4.02. The van der Waals surface area contributed by atoms with Crippen LogP contribution in [-0.4, -0.2) is 58.3 Å². The van der Waals surface area contributed by atoms with Gasteiger partial charge in [-0.2, -0.15) is 0 Å². The Balaban J connectivity index is 1.97. The van der Waals surface area contributed by atoms with Gasteiger partial charge in [0.25, 0.3) is 5.56 Å². The maximum Gasteiger partial charge on any atom is 0.338 e. The number of esters is 1. The maximum atomic E-state index is 14.2. The number of hydrogen-bond donors (Lipinski definition) is 0. The monoisotopic (exact) mass is 610 g/mol. The lowest BCUT2D eigenvalue weighted by Gasteiger charge is -2.27. The van der Waals surface area contributed by atoms with Crippen LogP contribution < -0.4 is 33.8 Å². The highest BCUT2D eigenvalue weighted by atomic mass is 32.1. The second kappa shape index (κ2) is 14.9. The fraction of sp³-hybridized carbons (Fsp3) is 0.406. The van der Waals surface area contributed by atoms with Crippen LogP contribution in [0.1, 0.15) is 50.8 Å². The van der Waals surface area contributed by atoms with Gasteiger partial charge in [0, 0.05) is 18.2 Å². The van der Waals surface area contributed by atoms with E-state index in [-0.39, 0.29) is 24.3 Å². The molecule has 1 aromatic heterocycles. The molecule has 1 atom stereocenters. The average molecular weight is 611 g/mol. The third-order valence-electron chi connectivity index (χ3n) is 6.70. The van der Waals surface area contributed by atoms with Crippen molar-refractivity contribution in [2.45, 2.75) is 39.7 Å². The molecule has 1 aliphatic heterocycles. The van der Waals surface area contributed by atoms with E-state index in [1.54, 1.807) is 39.4 Å². The fourth-order valence-corrected chi connectivity index (χ4v) is 5.78. The van der Waals surface area contributed by atoms with Gasteiger partial charge in [-0.25, -0.2) is 9.79 Å². The standard InChI is InChI=1S/C32H38N2O8S/c1-7-15-40-28-21(11-9-13-23(28)38-5)19-25-30(35)34-27(22-12-10-14-24(39-6)29(22)41-16-8-2)26(20(3)33-32(34)43-25)31(36)42-18-17-37-4/h9-14,19,27H,7-8,15-18H2,1-6H3/b25-19+/t27-/m0/s1. The van der Waals surface area contributed by atoms with Crippen molar-refractivity contribution in [2.75, 3.05) is 47.8 Å². The Hall–Kier alpha value is -4.09. The molecule has 11 heteroatoms. The average Bonchev–Trinajstić information content (AvgIpc) is 3.32. The summed E-state index contributed by atoms with van der Waals surface area (Å²) in [6, 6.07) is 10.1. The van der Waals surface area contributed by atoms with Crippen LogP contribution in [0.4, 0.5) is 0 Å². The molecule has 43 heavy (non-hydrogen) atoms. The van der Waals surface area contributed by atoms with Crippen LogP contribution in [0.2, 0.25) is 0 Å². The number of carbonyl (C=O) groups is 1. The van der Waals surface area contributed by atoms with Gasteiger partial charge < -0.3 is 28.4 Å². The molecule has 2 heterocycles. The number of thiazole rings is 1. The predicted molar refractivity (Wildman–Crippen MR) is 164 cm³/mol. The van der Waals surface area contributed by atoms with Gasteiger partial charge in [-0.3, -0.25) is 9.36 Å². The zero-order valence-corrected chi connectivity index (χ0v) is 26.2. The molecule has 4 rings (SSSR count). The second-order valence-electron chi connectivity index (χ2n) is 9.66. The van der Waals surface area contributed by atoms with E-state index in [2.05, 4.69) is 0 Å². The lowest BCUT2D eigenvalue weighted by atomic mass is 9.94. The fourth-order valence-electron chi connectivity index (χ4n) is 4.75. The highest BCUT2D eigenvalue weighted by Crippen LogP contribution is 2.41. The number of nitrogens with zero attached hydrogens (tertiary/aromatic N) is 2. The van der Waals surface area contributed by atoms with Crippen molar-refractivity contribution in [3.8, 4) is 23.0 Å². The Kier molecular flexibility index (Phi) is 11.0. The number of allylic oxidation sites excluding steroid dienone is 1. The van der Waals surface area contributed by atoms with Crippen LogP contribution in [0, 0.1) is 0 Å². The van der Waals surface area contributed by atoms with E-state index in [1.165, 1.54) is 23.0 Å². The number of para-hydroxylation sites is 2. The molecule has 10 nitrogen and oxygen atoms in total. The van der Waals surface area contributed by atoms with Gasteiger partial charge in [0.1, 0.15) is 12.6 Å². The summed E-state index contributed by atoms with van der Waals surface area (Å²) in [4.78, 5) is 32.9. The number of aromatic nitrogens is 1. The lowest BCUT2D eigenvalue weighted by molar-refractivity contribution is -0.140. The molecule has 2 aromatic carbocycles. The molecule has 0 N–H and O–H groups in total. The molecule has 1 aliphatic rings. The molecular formula is C32H38N2O8S. The van der Waals surface area contributed by atoms with E-state index in [0.717, 1.165) is 12.8 Å². The Bertz CT molecular complexity index is 1660. The van der Waals surface area contributed by atoms with Crippen molar-refractivity contribution in [3.05, 3.63) is 78.5 Å². The number of fused-ring (bicyclic) bond motifs is 1. The number of rotatable bonds is 14. The molecule has 0 bridgehead atoms. The van der Waals surface area contributed by atoms with Gasteiger partial charge in [0.2, 0.25) is 0 Å². The van der Waals surface area contributed by atoms with Gasteiger partial charge in [-0.05, 0) is 38.0 Å². The van der Waals surface area contributed by atoms with Crippen molar-refractivity contribution in [2.24, 2.45) is 4.99 Å². The van der Waals surface area contributed by atoms with Crippen LogP contribution in [0.25, 0.3) is 6.08 Å². The van der Waals surface area contributed by atoms with Crippen molar-refractivity contribution in [3.63, 3.8) is 0 Å². The number of hydrogen-bond acceptors (Lipinski definition) is 10. The van der Waals surface area contributed by atoms with Gasteiger partial charge in [-0.1, -0.05) is 49.4 Å². The minimum atomic E-state index is -0.878. The summed E-state index contributed by atoms with van der Waals surface area (Å²) in [6.45, 7) is 6.95. The lowest BCUT2D eigenvalue weighted by Crippen LogP contribution is -2.40. The Morgan fingerprint density at radius 3 is 2.23 bits per heavy atom. The molecule has 0 saturated carbocycles. The van der Waals surface area contributed by atoms with Crippen molar-refractivity contribution in [1.29, 1.82) is 0 Å². The topological polar surface area (TPSA) is 107 Å². The van der Waals surface area contributed by atoms with Crippen molar-refractivity contribution >= 4 is 23.4 Å². The van der Waals surface area contributed by atoms with Crippen LogP contribution in [0.3, 0.4) is 0 Å². The number of ether oxygens (including phenoxy) is 6. The third kappa shape index (κ3) is 6.78. The largest absolute Gasteiger partial charge is 0.493 e. The molecule has 3 aromatic rings. The first kappa shape index (κ1) is 31.8. The SMILES string of the molecule is CCCOc1c(/C=c2/sc3n(c2=O)[C@@H](c2cccc(OC)c2OCCC)C(C(=O)OCCOC)=C(C)N=3)cccc1OC. The Morgan fingerprint density at radius 1 is 0.930 bits per heavy atom. The Morgan fingerprint density at radius 2 is 1.58 bits per heavy atom. The summed E-state index contributed by atoms with van der Waals surface area (Å²) in [5, 5.41) is 0. The smallest absolute Gasteiger partial charge is 0.338 e. The molecule has 0 spiro atoms. The van der Waals surface area contributed by atoms with E-state index >= 15 is 0 Å². The van der Waals surface area contributed by atoms with E-state index in [4.69, 9.17) is 33.4 Å². The number of benzene rings is 2. The molecule has 0 saturated heterocycles. The Labute approximate surface area is 254 Å². The van der Waals surface area contributed by atoms with Gasteiger partial charge in [-0.15, -0.1) is 0 Å². The van der Waals surface area contributed by atoms with E-state index in [9.17, 15) is 9.59 Å². The van der Waals surface area contributed by atoms with E-state index < -0.39 is 12.0 Å². The van der Waals surface area contributed by atoms with Crippen molar-refractivity contribution in [1.82, 2.24) is 4.57 Å². The quantitative estimate of drug-likeness (QED) is 0.199. The molecule has 0 fully saturated rings. The van der Waals surface area contributed by atoms with Gasteiger partial charge >= 0.3 is 5.97 Å². The van der Waals surface area contributed by atoms with Crippen LogP contribution in [-0.2, 0) is 14.3 Å². The zero-order valence-electron chi connectivity index (χ0n) is 25.4. The van der Waals surface area contributed by atoms with Crippen LogP contribution in [0.15, 0.2) is 57.5 Å². The highest BCUT2D eigenvalue weighted by Gasteiger charge is 2.36. The first-order valence-electron chi connectivity index (χ1n) is 14.2. The van der Waals surface area contributed by atoms with E-state index in [1.807, 2.05) is 38.1 Å². The second-order valence-corrected chi connectivity index (χ2v) is 10.7. The summed E-state index contributed by atoms with van der Waals surface area (Å²) in [5.41, 5.74) is 1.63. The minimum absolute atomic E-state index is 0.0525. The normalized spacial score (nSPS) is 14.7. The van der Waals surface area contributed by atoms with Crippen molar-refractivity contribution < 1.29 is 33.2 Å². The van der Waals surface area contributed by atoms with Crippen LogP contribution >= 0.6 is 11.3 Å². The molecular weight excluding hydrogens is 572 g/mol. The molecule has 0 aliphatic carbocycles. The molecule has 0 unspecified atom stereocenters. The number of methoxy groups -OCH3 is 3. The maximum absolute atomic E-state index is 14.2. The van der Waals surface area contributed by atoms with E-state index in [0.29, 0.717) is 62.4 Å². The summed E-state index contributed by atoms with van der Waals surface area (Å²) >= 11 is 1.23. The van der Waals surface area contributed by atoms with Crippen LogP contribution in [0.5, 0.6) is 23.0 Å². The molecule has 230 valence electrons. The summed E-state index contributed by atoms with van der Waals surface area (Å²) in [6.07, 6.45) is 3.33. The highest BCUT2D eigenvalue weighted by molar-refractivity contribution is 7.07. The summed E-state index contributed by atoms with van der Waals surface area (Å²) < 4.78 is 35.9. The third-order valence-corrected chi connectivity index (χ3v) is 7.69.